The molecular weight excluding hydrogens is 407 g/mol. The van der Waals surface area contributed by atoms with Crippen molar-refractivity contribution >= 4 is 46.2 Å². The summed E-state index contributed by atoms with van der Waals surface area (Å²) in [5.41, 5.74) is 9.46. The molecule has 1 heterocycles. The average molecular weight is 435 g/mol. The number of amides is 1. The minimum atomic E-state index is 0.0291. The van der Waals surface area contributed by atoms with Crippen LogP contribution in [-0.2, 0) is 11.2 Å². The fourth-order valence-corrected chi connectivity index (χ4v) is 4.21. The maximum atomic E-state index is 12.7. The Labute approximate surface area is 182 Å². The quantitative estimate of drug-likeness (QED) is 0.647. The zero-order valence-corrected chi connectivity index (χ0v) is 18.4. The minimum absolute atomic E-state index is 0.0291. The summed E-state index contributed by atoms with van der Waals surface area (Å²) in [5.74, 6) is 0.0291. The van der Waals surface area contributed by atoms with E-state index >= 15 is 0 Å². The maximum absolute atomic E-state index is 12.7. The van der Waals surface area contributed by atoms with Crippen molar-refractivity contribution in [3.63, 3.8) is 0 Å². The molecule has 0 saturated carbocycles. The Kier molecular flexibility index (Phi) is 7.14. The molecule has 7 heteroatoms. The van der Waals surface area contributed by atoms with Crippen LogP contribution in [0.25, 0.3) is 0 Å². The third-order valence-electron chi connectivity index (χ3n) is 5.64. The zero-order valence-electron chi connectivity index (χ0n) is 16.9. The van der Waals surface area contributed by atoms with E-state index in [9.17, 15) is 4.79 Å². The molecule has 0 radical (unpaired) electrons. The fourth-order valence-electron chi connectivity index (χ4n) is 3.81. The molecule has 156 valence electrons. The standard InChI is InChI=1S/C22H28Cl2N4O/c1-3-15-6-4-5-7-21(15)28-10-8-16(9-11-28)27(2)22(29)14-26-20-13-17(23)19(25)12-18(20)24/h4-7,12-13,16,26H,3,8-11,14,25H2,1-2H3. The molecule has 1 aliphatic heterocycles. The van der Waals surface area contributed by atoms with Crippen LogP contribution >= 0.6 is 23.2 Å². The van der Waals surface area contributed by atoms with Crippen molar-refractivity contribution in [1.82, 2.24) is 4.90 Å². The van der Waals surface area contributed by atoms with Gasteiger partial charge in [0.1, 0.15) is 0 Å². The first-order valence-electron chi connectivity index (χ1n) is 9.97. The van der Waals surface area contributed by atoms with Gasteiger partial charge in [-0.05, 0) is 43.0 Å². The van der Waals surface area contributed by atoms with Gasteiger partial charge in [-0.2, -0.15) is 0 Å². The van der Waals surface area contributed by atoms with Gasteiger partial charge in [-0.25, -0.2) is 0 Å². The summed E-state index contributed by atoms with van der Waals surface area (Å²) >= 11 is 12.2. The highest BCUT2D eigenvalue weighted by atomic mass is 35.5. The number of nitrogen functional groups attached to an aromatic ring is 1. The smallest absolute Gasteiger partial charge is 0.241 e. The number of hydrogen-bond acceptors (Lipinski definition) is 4. The molecule has 1 fully saturated rings. The lowest BCUT2D eigenvalue weighted by molar-refractivity contribution is -0.130. The number of likely N-dealkylation sites (N-methyl/N-ethyl adjacent to an activating group) is 1. The van der Waals surface area contributed by atoms with Crippen molar-refractivity contribution in [2.24, 2.45) is 0 Å². The lowest BCUT2D eigenvalue weighted by atomic mass is 10.0. The van der Waals surface area contributed by atoms with E-state index in [0.717, 1.165) is 32.4 Å². The van der Waals surface area contributed by atoms with Gasteiger partial charge in [0.25, 0.3) is 0 Å². The third kappa shape index (κ3) is 5.09. The van der Waals surface area contributed by atoms with E-state index in [0.29, 0.717) is 21.4 Å². The predicted octanol–water partition coefficient (Wildman–Crippen LogP) is 4.68. The monoisotopic (exact) mass is 434 g/mol. The molecule has 0 unspecified atom stereocenters. The number of benzene rings is 2. The first-order chi connectivity index (χ1) is 13.9. The largest absolute Gasteiger partial charge is 0.397 e. The molecule has 0 spiro atoms. The molecule has 3 rings (SSSR count). The van der Waals surface area contributed by atoms with E-state index < -0.39 is 0 Å². The van der Waals surface area contributed by atoms with Gasteiger partial charge < -0.3 is 20.9 Å². The molecule has 29 heavy (non-hydrogen) atoms. The van der Waals surface area contributed by atoms with Crippen molar-refractivity contribution in [2.75, 3.05) is 42.6 Å². The first-order valence-corrected chi connectivity index (χ1v) is 10.7. The first kappa shape index (κ1) is 21.6. The Balaban J connectivity index is 1.54. The Morgan fingerprint density at radius 1 is 1.21 bits per heavy atom. The van der Waals surface area contributed by atoms with Crippen LogP contribution in [0.2, 0.25) is 10.0 Å². The third-order valence-corrected chi connectivity index (χ3v) is 6.28. The summed E-state index contributed by atoms with van der Waals surface area (Å²) < 4.78 is 0. The molecular formula is C22H28Cl2N4O. The van der Waals surface area contributed by atoms with Gasteiger partial charge in [-0.3, -0.25) is 4.79 Å². The van der Waals surface area contributed by atoms with Gasteiger partial charge in [0.05, 0.1) is 28.0 Å². The normalized spacial score (nSPS) is 14.7. The van der Waals surface area contributed by atoms with Gasteiger partial charge in [0.2, 0.25) is 5.91 Å². The van der Waals surface area contributed by atoms with E-state index in [1.807, 2.05) is 11.9 Å². The van der Waals surface area contributed by atoms with Gasteiger partial charge in [-0.15, -0.1) is 0 Å². The molecule has 2 aromatic carbocycles. The van der Waals surface area contributed by atoms with Crippen molar-refractivity contribution < 1.29 is 4.79 Å². The topological polar surface area (TPSA) is 61.6 Å². The van der Waals surface area contributed by atoms with Gasteiger partial charge >= 0.3 is 0 Å². The van der Waals surface area contributed by atoms with Crippen LogP contribution in [0.1, 0.15) is 25.3 Å². The number of anilines is 3. The number of para-hydroxylation sites is 1. The highest BCUT2D eigenvalue weighted by Crippen LogP contribution is 2.31. The van der Waals surface area contributed by atoms with Crippen molar-refractivity contribution in [1.29, 1.82) is 0 Å². The minimum Gasteiger partial charge on any atom is -0.397 e. The van der Waals surface area contributed by atoms with E-state index in [2.05, 4.69) is 41.4 Å². The van der Waals surface area contributed by atoms with Gasteiger partial charge in [-0.1, -0.05) is 48.3 Å². The number of aryl methyl sites for hydroxylation is 1. The zero-order chi connectivity index (χ0) is 21.0. The van der Waals surface area contributed by atoms with E-state index in [1.165, 1.54) is 11.3 Å². The summed E-state index contributed by atoms with van der Waals surface area (Å²) in [6, 6.07) is 12.0. The Morgan fingerprint density at radius 3 is 2.59 bits per heavy atom. The number of rotatable bonds is 6. The Morgan fingerprint density at radius 2 is 1.90 bits per heavy atom. The highest BCUT2D eigenvalue weighted by molar-refractivity contribution is 6.37. The molecule has 1 amide bonds. The van der Waals surface area contributed by atoms with Crippen LogP contribution in [0.3, 0.4) is 0 Å². The van der Waals surface area contributed by atoms with Crippen LogP contribution in [0.4, 0.5) is 17.1 Å². The number of nitrogens with one attached hydrogen (secondary N) is 1. The lowest BCUT2D eigenvalue weighted by Crippen LogP contribution is -2.47. The second-order valence-corrected chi connectivity index (χ2v) is 8.23. The Bertz CT molecular complexity index is 866. The predicted molar refractivity (Wildman–Crippen MR) is 123 cm³/mol. The highest BCUT2D eigenvalue weighted by Gasteiger charge is 2.26. The number of hydrogen-bond donors (Lipinski definition) is 2. The number of piperidine rings is 1. The van der Waals surface area contributed by atoms with Crippen LogP contribution in [-0.4, -0.2) is 43.5 Å². The summed E-state index contributed by atoms with van der Waals surface area (Å²) in [6.07, 6.45) is 2.93. The lowest BCUT2D eigenvalue weighted by Gasteiger charge is -2.38. The van der Waals surface area contributed by atoms with Crippen molar-refractivity contribution in [2.45, 2.75) is 32.2 Å². The molecule has 1 saturated heterocycles. The molecule has 0 aliphatic carbocycles. The molecule has 0 bridgehead atoms. The second kappa shape index (κ2) is 9.59. The number of halogens is 2. The van der Waals surface area contributed by atoms with Crippen LogP contribution < -0.4 is 16.0 Å². The van der Waals surface area contributed by atoms with Crippen LogP contribution in [0, 0.1) is 0 Å². The van der Waals surface area contributed by atoms with Gasteiger partial charge in [0, 0.05) is 31.9 Å². The number of carbonyl (C=O) groups excluding carboxylic acids is 1. The fraction of sp³-hybridized carbons (Fsp3) is 0.409. The van der Waals surface area contributed by atoms with E-state index in [-0.39, 0.29) is 18.5 Å². The summed E-state index contributed by atoms with van der Waals surface area (Å²) in [6.45, 7) is 4.25. The van der Waals surface area contributed by atoms with Gasteiger partial charge in [0.15, 0.2) is 0 Å². The summed E-state index contributed by atoms with van der Waals surface area (Å²) in [7, 11) is 1.88. The SMILES string of the molecule is CCc1ccccc1N1CCC(N(C)C(=O)CNc2cc(Cl)c(N)cc2Cl)CC1. The molecule has 0 aromatic heterocycles. The molecule has 0 atom stereocenters. The summed E-state index contributed by atoms with van der Waals surface area (Å²) in [4.78, 5) is 17.0. The number of nitrogens with two attached hydrogens (primary N) is 1. The molecule has 1 aliphatic rings. The van der Waals surface area contributed by atoms with Crippen molar-refractivity contribution in [3.8, 4) is 0 Å². The van der Waals surface area contributed by atoms with Crippen molar-refractivity contribution in [3.05, 3.63) is 52.0 Å². The number of nitrogens with zero attached hydrogens (tertiary/aromatic N) is 2. The molecule has 2 aromatic rings. The van der Waals surface area contributed by atoms with E-state index in [1.54, 1.807) is 12.1 Å². The summed E-state index contributed by atoms with van der Waals surface area (Å²) in [5, 5.41) is 3.94. The van der Waals surface area contributed by atoms with Crippen LogP contribution in [0.15, 0.2) is 36.4 Å². The van der Waals surface area contributed by atoms with E-state index in [4.69, 9.17) is 28.9 Å². The molecule has 5 nitrogen and oxygen atoms in total. The molecule has 3 N–H and O–H groups in total. The maximum Gasteiger partial charge on any atom is 0.241 e. The number of carbonyl (C=O) groups is 1. The average Bonchev–Trinajstić information content (AvgIpc) is 2.74. The Hall–Kier alpha value is -2.11. The van der Waals surface area contributed by atoms with Crippen LogP contribution in [0.5, 0.6) is 0 Å². The second-order valence-electron chi connectivity index (χ2n) is 7.41.